The highest BCUT2D eigenvalue weighted by Gasteiger charge is 2.07. The summed E-state index contributed by atoms with van der Waals surface area (Å²) in [6.45, 7) is 0. The van der Waals surface area contributed by atoms with Crippen LogP contribution in [0, 0.1) is 0 Å². The molecule has 0 radical (unpaired) electrons. The number of anilines is 2. The molecule has 0 unspecified atom stereocenters. The monoisotopic (exact) mass is 360 g/mol. The van der Waals surface area contributed by atoms with Crippen LogP contribution in [0.5, 0.6) is 0 Å². The van der Waals surface area contributed by atoms with Crippen LogP contribution in [-0.2, 0) is 0 Å². The minimum Gasteiger partial charge on any atom is -0.339 e. The van der Waals surface area contributed by atoms with Gasteiger partial charge in [-0.2, -0.15) is 0 Å². The molecular formula is C15H10BrClN4. The fourth-order valence-corrected chi connectivity index (χ4v) is 2.37. The summed E-state index contributed by atoms with van der Waals surface area (Å²) >= 11 is 9.57. The second-order valence-corrected chi connectivity index (χ2v) is 5.49. The topological polar surface area (TPSA) is 50.7 Å². The maximum absolute atomic E-state index is 6.08. The van der Waals surface area contributed by atoms with E-state index >= 15 is 0 Å². The van der Waals surface area contributed by atoms with E-state index in [2.05, 4.69) is 36.2 Å². The highest BCUT2D eigenvalue weighted by Crippen LogP contribution is 2.26. The number of pyridine rings is 1. The predicted molar refractivity (Wildman–Crippen MR) is 87.7 cm³/mol. The fourth-order valence-electron chi connectivity index (χ4n) is 1.81. The number of para-hydroxylation sites is 1. The Morgan fingerprint density at radius 2 is 1.90 bits per heavy atom. The van der Waals surface area contributed by atoms with Gasteiger partial charge in [-0.3, -0.25) is 4.98 Å². The number of hydrogen-bond acceptors (Lipinski definition) is 4. The highest BCUT2D eigenvalue weighted by atomic mass is 79.9. The highest BCUT2D eigenvalue weighted by molar-refractivity contribution is 9.10. The summed E-state index contributed by atoms with van der Waals surface area (Å²) in [6.07, 6.45) is 3.40. The number of halogens is 2. The second-order valence-electron chi connectivity index (χ2n) is 4.25. The third kappa shape index (κ3) is 3.37. The summed E-state index contributed by atoms with van der Waals surface area (Å²) in [5.74, 6) is 1.16. The summed E-state index contributed by atoms with van der Waals surface area (Å²) in [4.78, 5) is 12.8. The van der Waals surface area contributed by atoms with Gasteiger partial charge in [-0.15, -0.1) is 0 Å². The SMILES string of the molecule is Clc1cc(Nc2ccccc2Br)nc(-c2cccnc2)n1. The molecule has 4 nitrogen and oxygen atoms in total. The van der Waals surface area contributed by atoms with Gasteiger partial charge in [0.25, 0.3) is 0 Å². The Morgan fingerprint density at radius 1 is 1.05 bits per heavy atom. The smallest absolute Gasteiger partial charge is 0.164 e. The molecule has 2 aromatic heterocycles. The number of nitrogens with one attached hydrogen (secondary N) is 1. The summed E-state index contributed by atoms with van der Waals surface area (Å²) in [5.41, 5.74) is 1.72. The zero-order chi connectivity index (χ0) is 14.7. The van der Waals surface area contributed by atoms with Gasteiger partial charge in [0, 0.05) is 28.5 Å². The molecule has 3 aromatic rings. The van der Waals surface area contributed by atoms with Crippen molar-refractivity contribution in [2.45, 2.75) is 0 Å². The van der Waals surface area contributed by atoms with Crippen LogP contribution in [0.15, 0.2) is 59.3 Å². The molecule has 1 aromatic carbocycles. The molecule has 0 atom stereocenters. The first-order chi connectivity index (χ1) is 10.2. The quantitative estimate of drug-likeness (QED) is 0.687. The van der Waals surface area contributed by atoms with Gasteiger partial charge in [-0.1, -0.05) is 23.7 Å². The minimum absolute atomic E-state index is 0.374. The van der Waals surface area contributed by atoms with Gasteiger partial charge in [-0.05, 0) is 40.2 Å². The third-order valence-electron chi connectivity index (χ3n) is 2.75. The first-order valence-electron chi connectivity index (χ1n) is 6.19. The summed E-state index contributed by atoms with van der Waals surface area (Å²) < 4.78 is 0.947. The molecule has 0 fully saturated rings. The number of hydrogen-bond donors (Lipinski definition) is 1. The number of aromatic nitrogens is 3. The third-order valence-corrected chi connectivity index (χ3v) is 3.64. The molecule has 0 aliphatic rings. The lowest BCUT2D eigenvalue weighted by Gasteiger charge is -2.09. The van der Waals surface area contributed by atoms with E-state index in [1.807, 2.05) is 36.4 Å². The summed E-state index contributed by atoms with van der Waals surface area (Å²) in [7, 11) is 0. The summed E-state index contributed by atoms with van der Waals surface area (Å²) in [5, 5.41) is 3.59. The van der Waals surface area contributed by atoms with Gasteiger partial charge in [0.2, 0.25) is 0 Å². The van der Waals surface area contributed by atoms with Crippen LogP contribution in [0.3, 0.4) is 0 Å². The van der Waals surface area contributed by atoms with E-state index in [1.165, 1.54) is 0 Å². The Kier molecular flexibility index (Phi) is 4.13. The lowest BCUT2D eigenvalue weighted by Crippen LogP contribution is -1.98. The standard InChI is InChI=1S/C15H10BrClN4/c16-11-5-1-2-6-12(11)19-14-8-13(17)20-15(21-14)10-4-3-7-18-9-10/h1-9H,(H,19,20,21). The van der Waals surface area contributed by atoms with Gasteiger partial charge in [0.05, 0.1) is 5.69 Å². The molecule has 104 valence electrons. The van der Waals surface area contributed by atoms with Crippen LogP contribution in [0.25, 0.3) is 11.4 Å². The second kappa shape index (κ2) is 6.20. The number of benzene rings is 1. The largest absolute Gasteiger partial charge is 0.339 e. The maximum atomic E-state index is 6.08. The van der Waals surface area contributed by atoms with E-state index in [0.717, 1.165) is 15.7 Å². The first-order valence-corrected chi connectivity index (χ1v) is 7.36. The van der Waals surface area contributed by atoms with Crippen molar-refractivity contribution in [3.63, 3.8) is 0 Å². The van der Waals surface area contributed by atoms with Crippen molar-refractivity contribution in [2.75, 3.05) is 5.32 Å². The molecule has 2 heterocycles. The Morgan fingerprint density at radius 3 is 2.67 bits per heavy atom. The van der Waals surface area contributed by atoms with Gasteiger partial charge in [-0.25, -0.2) is 9.97 Å². The molecule has 0 saturated heterocycles. The Labute approximate surface area is 135 Å². The lowest BCUT2D eigenvalue weighted by molar-refractivity contribution is 1.16. The van der Waals surface area contributed by atoms with Crippen molar-refractivity contribution >= 4 is 39.0 Å². The molecule has 1 N–H and O–H groups in total. The molecule has 0 spiro atoms. The van der Waals surface area contributed by atoms with Crippen LogP contribution in [0.2, 0.25) is 5.15 Å². The van der Waals surface area contributed by atoms with Crippen molar-refractivity contribution in [1.82, 2.24) is 15.0 Å². The van der Waals surface area contributed by atoms with Crippen LogP contribution >= 0.6 is 27.5 Å². The fraction of sp³-hybridized carbons (Fsp3) is 0. The molecule has 0 aliphatic heterocycles. The van der Waals surface area contributed by atoms with E-state index in [9.17, 15) is 0 Å². The Balaban J connectivity index is 1.97. The first kappa shape index (κ1) is 14.0. The van der Waals surface area contributed by atoms with Gasteiger partial charge in [0.1, 0.15) is 11.0 Å². The van der Waals surface area contributed by atoms with Crippen molar-refractivity contribution in [2.24, 2.45) is 0 Å². The van der Waals surface area contributed by atoms with Gasteiger partial charge >= 0.3 is 0 Å². The van der Waals surface area contributed by atoms with Crippen molar-refractivity contribution in [3.8, 4) is 11.4 Å². The average Bonchev–Trinajstić information content (AvgIpc) is 2.50. The van der Waals surface area contributed by atoms with Crippen molar-refractivity contribution in [3.05, 3.63) is 64.5 Å². The summed E-state index contributed by atoms with van der Waals surface area (Å²) in [6, 6.07) is 13.2. The van der Waals surface area contributed by atoms with Crippen molar-refractivity contribution in [1.29, 1.82) is 0 Å². The van der Waals surface area contributed by atoms with E-state index < -0.39 is 0 Å². The molecule has 3 rings (SSSR count). The zero-order valence-electron chi connectivity index (χ0n) is 10.8. The van der Waals surface area contributed by atoms with E-state index in [4.69, 9.17) is 11.6 Å². The van der Waals surface area contributed by atoms with E-state index in [-0.39, 0.29) is 0 Å². The minimum atomic E-state index is 0.374. The lowest BCUT2D eigenvalue weighted by atomic mass is 10.2. The molecule has 0 bridgehead atoms. The Bertz CT molecular complexity index is 765. The number of rotatable bonds is 3. The van der Waals surface area contributed by atoms with Crippen LogP contribution in [0.4, 0.5) is 11.5 Å². The van der Waals surface area contributed by atoms with Crippen LogP contribution < -0.4 is 5.32 Å². The zero-order valence-corrected chi connectivity index (χ0v) is 13.1. The van der Waals surface area contributed by atoms with Crippen molar-refractivity contribution < 1.29 is 0 Å². The Hall–Kier alpha value is -1.98. The van der Waals surface area contributed by atoms with Crippen LogP contribution in [0.1, 0.15) is 0 Å². The predicted octanol–water partition coefficient (Wildman–Crippen LogP) is 4.70. The van der Waals surface area contributed by atoms with E-state index in [0.29, 0.717) is 16.8 Å². The molecule has 6 heteroatoms. The molecular weight excluding hydrogens is 352 g/mol. The van der Waals surface area contributed by atoms with Gasteiger partial charge < -0.3 is 5.32 Å². The normalized spacial score (nSPS) is 10.4. The molecule has 0 aliphatic carbocycles. The molecule has 0 saturated carbocycles. The molecule has 0 amide bonds. The number of nitrogens with zero attached hydrogens (tertiary/aromatic N) is 3. The van der Waals surface area contributed by atoms with Gasteiger partial charge in [0.15, 0.2) is 5.82 Å². The van der Waals surface area contributed by atoms with E-state index in [1.54, 1.807) is 18.5 Å². The molecule has 21 heavy (non-hydrogen) atoms. The van der Waals surface area contributed by atoms with Crippen LogP contribution in [-0.4, -0.2) is 15.0 Å². The average molecular weight is 362 g/mol. The maximum Gasteiger partial charge on any atom is 0.164 e.